The molecule has 1 amide bonds. The molecule has 4 aromatic rings. The van der Waals surface area contributed by atoms with Gasteiger partial charge in [0, 0.05) is 23.5 Å². The second-order valence-corrected chi connectivity index (χ2v) is 8.91. The number of carbonyl (C=O) groups is 1. The zero-order valence-corrected chi connectivity index (χ0v) is 19.0. The van der Waals surface area contributed by atoms with Crippen LogP contribution in [0, 0.1) is 20.8 Å². The van der Waals surface area contributed by atoms with Gasteiger partial charge in [0.1, 0.15) is 5.82 Å². The fourth-order valence-corrected chi connectivity index (χ4v) is 4.77. The Hall–Kier alpha value is -2.94. The van der Waals surface area contributed by atoms with Crippen molar-refractivity contribution in [1.29, 1.82) is 0 Å². The quantitative estimate of drug-likeness (QED) is 0.493. The Labute approximate surface area is 184 Å². The third kappa shape index (κ3) is 3.46. The zero-order valence-electron chi connectivity index (χ0n) is 18.1. The molecule has 0 radical (unpaired) electrons. The van der Waals surface area contributed by atoms with Gasteiger partial charge in [0.2, 0.25) is 11.1 Å². The van der Waals surface area contributed by atoms with Crippen LogP contribution in [0.1, 0.15) is 47.2 Å². The molecule has 31 heavy (non-hydrogen) atoms. The number of hydrogen-bond donors (Lipinski definition) is 1. The molecule has 1 aromatic carbocycles. The Balaban J connectivity index is 1.44. The van der Waals surface area contributed by atoms with E-state index in [0.717, 1.165) is 53.2 Å². The molecule has 4 heterocycles. The van der Waals surface area contributed by atoms with Gasteiger partial charge in [-0.1, -0.05) is 17.8 Å². The summed E-state index contributed by atoms with van der Waals surface area (Å²) >= 11 is 1.48. The van der Waals surface area contributed by atoms with E-state index >= 15 is 0 Å². The van der Waals surface area contributed by atoms with Crippen molar-refractivity contribution < 1.29 is 4.79 Å². The first-order valence-corrected chi connectivity index (χ1v) is 11.7. The van der Waals surface area contributed by atoms with Crippen LogP contribution in [0.5, 0.6) is 0 Å². The Morgan fingerprint density at radius 3 is 2.87 bits per heavy atom. The van der Waals surface area contributed by atoms with E-state index in [-0.39, 0.29) is 11.9 Å². The summed E-state index contributed by atoms with van der Waals surface area (Å²) in [6.07, 6.45) is 4.13. The van der Waals surface area contributed by atoms with Gasteiger partial charge < -0.3 is 9.88 Å². The summed E-state index contributed by atoms with van der Waals surface area (Å²) in [6, 6.07) is 6.17. The standard InChI is InChI=1S/C22H25N7OS/c1-12-7-8-16-17(10-12)25-20(24-16)18-6-5-9-28(18)19(30)11-15-13(2)23-21-26-22(31-4)27-29(21)14(15)3/h7-8,10,18H,5-6,9,11H2,1-4H3,(H,24,25). The highest BCUT2D eigenvalue weighted by molar-refractivity contribution is 7.98. The van der Waals surface area contributed by atoms with E-state index in [2.05, 4.69) is 39.1 Å². The molecule has 1 saturated heterocycles. The van der Waals surface area contributed by atoms with Crippen molar-refractivity contribution in [2.45, 2.75) is 51.2 Å². The number of hydrogen-bond acceptors (Lipinski definition) is 6. The summed E-state index contributed by atoms with van der Waals surface area (Å²) in [5, 5.41) is 5.18. The van der Waals surface area contributed by atoms with Crippen molar-refractivity contribution in [2.24, 2.45) is 0 Å². The molecule has 8 nitrogen and oxygen atoms in total. The number of aromatic nitrogens is 6. The average Bonchev–Trinajstić information content (AvgIpc) is 3.47. The van der Waals surface area contributed by atoms with Crippen molar-refractivity contribution in [3.05, 3.63) is 46.5 Å². The number of rotatable bonds is 4. The minimum atomic E-state index is -0.0213. The molecular weight excluding hydrogens is 410 g/mol. The predicted octanol–water partition coefficient (Wildman–Crippen LogP) is 3.55. The molecule has 9 heteroatoms. The number of amides is 1. The number of imidazole rings is 1. The first-order chi connectivity index (χ1) is 14.9. The number of carbonyl (C=O) groups excluding carboxylic acids is 1. The largest absolute Gasteiger partial charge is 0.340 e. The van der Waals surface area contributed by atoms with Crippen LogP contribution in [-0.4, -0.2) is 53.2 Å². The summed E-state index contributed by atoms with van der Waals surface area (Å²) in [6.45, 7) is 6.73. The van der Waals surface area contributed by atoms with Crippen molar-refractivity contribution >= 4 is 34.5 Å². The number of benzene rings is 1. The molecule has 3 aromatic heterocycles. The highest BCUT2D eigenvalue weighted by atomic mass is 32.2. The van der Waals surface area contributed by atoms with E-state index in [4.69, 9.17) is 4.98 Å². The van der Waals surface area contributed by atoms with Gasteiger partial charge in [-0.3, -0.25) is 4.79 Å². The number of aryl methyl sites for hydroxylation is 3. The van der Waals surface area contributed by atoms with Crippen LogP contribution < -0.4 is 0 Å². The van der Waals surface area contributed by atoms with E-state index in [1.807, 2.05) is 31.1 Å². The molecule has 1 unspecified atom stereocenters. The van der Waals surface area contributed by atoms with Crippen LogP contribution in [0.2, 0.25) is 0 Å². The number of fused-ring (bicyclic) bond motifs is 2. The van der Waals surface area contributed by atoms with Gasteiger partial charge in [0.15, 0.2) is 0 Å². The highest BCUT2D eigenvalue weighted by Gasteiger charge is 2.32. The van der Waals surface area contributed by atoms with Gasteiger partial charge in [-0.25, -0.2) is 14.5 Å². The highest BCUT2D eigenvalue weighted by Crippen LogP contribution is 2.32. The van der Waals surface area contributed by atoms with Crippen LogP contribution in [-0.2, 0) is 11.2 Å². The molecule has 0 spiro atoms. The van der Waals surface area contributed by atoms with Gasteiger partial charge in [-0.2, -0.15) is 4.98 Å². The van der Waals surface area contributed by atoms with Crippen molar-refractivity contribution in [3.8, 4) is 0 Å². The predicted molar refractivity (Wildman–Crippen MR) is 120 cm³/mol. The van der Waals surface area contributed by atoms with Gasteiger partial charge >= 0.3 is 0 Å². The van der Waals surface area contributed by atoms with E-state index in [1.54, 1.807) is 4.52 Å². The number of nitrogens with one attached hydrogen (secondary N) is 1. The second-order valence-electron chi connectivity index (χ2n) is 8.14. The van der Waals surface area contributed by atoms with Crippen LogP contribution in [0.4, 0.5) is 0 Å². The third-order valence-corrected chi connectivity index (χ3v) is 6.62. The lowest BCUT2D eigenvalue weighted by Crippen LogP contribution is -2.33. The van der Waals surface area contributed by atoms with Crippen LogP contribution in [0.15, 0.2) is 23.4 Å². The topological polar surface area (TPSA) is 92.1 Å². The van der Waals surface area contributed by atoms with Crippen molar-refractivity contribution in [3.63, 3.8) is 0 Å². The molecule has 1 N–H and O–H groups in total. The molecule has 160 valence electrons. The molecule has 1 aliphatic rings. The first kappa shape index (κ1) is 20.0. The number of H-pyrrole nitrogens is 1. The molecule has 1 atom stereocenters. The molecule has 0 aliphatic carbocycles. The molecule has 1 aliphatic heterocycles. The minimum absolute atomic E-state index is 0.0213. The van der Waals surface area contributed by atoms with Crippen molar-refractivity contribution in [1.82, 2.24) is 34.4 Å². The van der Waals surface area contributed by atoms with Crippen LogP contribution in [0.25, 0.3) is 16.8 Å². The van der Waals surface area contributed by atoms with Crippen LogP contribution in [0.3, 0.4) is 0 Å². The van der Waals surface area contributed by atoms with Gasteiger partial charge in [0.25, 0.3) is 5.78 Å². The Kier molecular flexibility index (Phi) is 4.92. The normalized spacial score (nSPS) is 16.6. The van der Waals surface area contributed by atoms with Crippen molar-refractivity contribution in [2.75, 3.05) is 12.8 Å². The fourth-order valence-electron chi connectivity index (χ4n) is 4.44. The maximum atomic E-state index is 13.4. The number of aromatic amines is 1. The smallest absolute Gasteiger partial charge is 0.253 e. The van der Waals surface area contributed by atoms with E-state index in [0.29, 0.717) is 17.4 Å². The monoisotopic (exact) mass is 435 g/mol. The molecule has 0 bridgehead atoms. The van der Waals surface area contributed by atoms with E-state index < -0.39 is 0 Å². The number of nitrogens with zero attached hydrogens (tertiary/aromatic N) is 6. The maximum absolute atomic E-state index is 13.4. The fraction of sp³-hybridized carbons (Fsp3) is 0.409. The molecular formula is C22H25N7OS. The molecule has 1 fully saturated rings. The summed E-state index contributed by atoms with van der Waals surface area (Å²) in [5.41, 5.74) is 5.81. The number of thioether (sulfide) groups is 1. The lowest BCUT2D eigenvalue weighted by atomic mass is 10.1. The Morgan fingerprint density at radius 2 is 2.06 bits per heavy atom. The average molecular weight is 436 g/mol. The Bertz CT molecular complexity index is 1310. The van der Waals surface area contributed by atoms with Gasteiger partial charge in [-0.15, -0.1) is 5.10 Å². The Morgan fingerprint density at radius 1 is 1.23 bits per heavy atom. The van der Waals surface area contributed by atoms with E-state index in [9.17, 15) is 4.79 Å². The first-order valence-electron chi connectivity index (χ1n) is 10.5. The van der Waals surface area contributed by atoms with Gasteiger partial charge in [0.05, 0.1) is 23.5 Å². The lowest BCUT2D eigenvalue weighted by Gasteiger charge is -2.24. The molecule has 0 saturated carbocycles. The molecule has 5 rings (SSSR count). The SMILES string of the molecule is CSc1nc2nc(C)c(CC(=O)N3CCCC3c3nc4ccc(C)cc4[nH]3)c(C)n2n1. The summed E-state index contributed by atoms with van der Waals surface area (Å²) in [5.74, 6) is 1.54. The minimum Gasteiger partial charge on any atom is -0.340 e. The van der Waals surface area contributed by atoms with E-state index in [1.165, 1.54) is 17.3 Å². The maximum Gasteiger partial charge on any atom is 0.253 e. The number of likely N-dealkylation sites (tertiary alicyclic amines) is 1. The summed E-state index contributed by atoms with van der Waals surface area (Å²) < 4.78 is 1.74. The summed E-state index contributed by atoms with van der Waals surface area (Å²) in [7, 11) is 0. The lowest BCUT2D eigenvalue weighted by molar-refractivity contribution is -0.131. The zero-order chi connectivity index (χ0) is 21.7. The van der Waals surface area contributed by atoms with Gasteiger partial charge in [-0.05, 0) is 57.6 Å². The third-order valence-electron chi connectivity index (χ3n) is 6.08. The van der Waals surface area contributed by atoms with Crippen LogP contribution >= 0.6 is 11.8 Å². The second kappa shape index (κ2) is 7.64. The summed E-state index contributed by atoms with van der Waals surface area (Å²) in [4.78, 5) is 32.6.